The van der Waals surface area contributed by atoms with Crippen LogP contribution in [0.25, 0.3) is 0 Å². The van der Waals surface area contributed by atoms with Crippen molar-refractivity contribution >= 4 is 5.69 Å². The van der Waals surface area contributed by atoms with Crippen molar-refractivity contribution < 1.29 is 4.84 Å². The zero-order valence-corrected chi connectivity index (χ0v) is 7.31. The van der Waals surface area contributed by atoms with E-state index in [0.29, 0.717) is 13.2 Å². The first-order valence-electron chi connectivity index (χ1n) is 4.28. The van der Waals surface area contributed by atoms with Crippen molar-refractivity contribution in [1.29, 1.82) is 0 Å². The molecule has 1 aliphatic heterocycles. The van der Waals surface area contributed by atoms with Gasteiger partial charge in [0.25, 0.3) is 0 Å². The smallest absolute Gasteiger partial charge is 0.0952 e. The second kappa shape index (κ2) is 3.60. The van der Waals surface area contributed by atoms with Gasteiger partial charge < -0.3 is 5.73 Å². The first-order valence-corrected chi connectivity index (χ1v) is 4.28. The van der Waals surface area contributed by atoms with E-state index in [9.17, 15) is 0 Å². The molecule has 0 saturated heterocycles. The highest BCUT2D eigenvalue weighted by atomic mass is 16.7. The lowest BCUT2D eigenvalue weighted by atomic mass is 10.2. The highest BCUT2D eigenvalue weighted by Crippen LogP contribution is 2.19. The van der Waals surface area contributed by atoms with E-state index < -0.39 is 0 Å². The number of anilines is 1. The van der Waals surface area contributed by atoms with E-state index in [4.69, 9.17) is 10.6 Å². The third-order valence-electron chi connectivity index (χ3n) is 1.95. The molecule has 3 heteroatoms. The van der Waals surface area contributed by atoms with Crippen molar-refractivity contribution in [3.63, 3.8) is 0 Å². The summed E-state index contributed by atoms with van der Waals surface area (Å²) in [7, 11) is 0. The third-order valence-corrected chi connectivity index (χ3v) is 1.95. The Hall–Kier alpha value is -1.32. The van der Waals surface area contributed by atoms with E-state index in [1.807, 2.05) is 36.5 Å². The fourth-order valence-corrected chi connectivity index (χ4v) is 1.29. The summed E-state index contributed by atoms with van der Waals surface area (Å²) in [5, 5.41) is 1.75. The molecule has 1 aliphatic rings. The van der Waals surface area contributed by atoms with Gasteiger partial charge >= 0.3 is 0 Å². The Bertz CT molecular complexity index is 322. The van der Waals surface area contributed by atoms with Crippen molar-refractivity contribution in [3.05, 3.63) is 42.1 Å². The molecule has 13 heavy (non-hydrogen) atoms. The Kier molecular flexibility index (Phi) is 2.29. The zero-order valence-electron chi connectivity index (χ0n) is 7.31. The summed E-state index contributed by atoms with van der Waals surface area (Å²) >= 11 is 0. The van der Waals surface area contributed by atoms with Crippen LogP contribution in [0.3, 0.4) is 0 Å². The van der Waals surface area contributed by atoms with Gasteiger partial charge in [0.2, 0.25) is 0 Å². The second-order valence-electron chi connectivity index (χ2n) is 2.88. The molecule has 0 spiro atoms. The van der Waals surface area contributed by atoms with Crippen LogP contribution in [-0.2, 0) is 11.4 Å². The number of hydroxylamine groups is 1. The molecule has 0 atom stereocenters. The quantitative estimate of drug-likeness (QED) is 0.740. The molecule has 3 nitrogen and oxygen atoms in total. The van der Waals surface area contributed by atoms with Gasteiger partial charge in [-0.1, -0.05) is 12.1 Å². The van der Waals surface area contributed by atoms with Crippen LogP contribution in [-0.4, -0.2) is 6.61 Å². The highest BCUT2D eigenvalue weighted by molar-refractivity contribution is 5.49. The Balaban J connectivity index is 2.24. The molecule has 2 rings (SSSR count). The van der Waals surface area contributed by atoms with E-state index in [1.54, 1.807) is 5.06 Å². The molecule has 0 bridgehead atoms. The summed E-state index contributed by atoms with van der Waals surface area (Å²) in [6.45, 7) is 1.21. The maximum atomic E-state index is 5.54. The molecule has 0 aromatic heterocycles. The molecule has 0 aliphatic carbocycles. The topological polar surface area (TPSA) is 38.5 Å². The van der Waals surface area contributed by atoms with Gasteiger partial charge in [-0.3, -0.25) is 4.84 Å². The minimum absolute atomic E-state index is 0.561. The van der Waals surface area contributed by atoms with Crippen LogP contribution in [0.5, 0.6) is 0 Å². The molecule has 1 heterocycles. The largest absolute Gasteiger partial charge is 0.326 e. The van der Waals surface area contributed by atoms with Crippen LogP contribution in [0.1, 0.15) is 5.56 Å². The number of nitrogens with zero attached hydrogens (tertiary/aromatic N) is 1. The summed E-state index contributed by atoms with van der Waals surface area (Å²) in [6, 6.07) is 8.00. The summed E-state index contributed by atoms with van der Waals surface area (Å²) in [6.07, 6.45) is 3.88. The van der Waals surface area contributed by atoms with Crippen LogP contribution in [0.2, 0.25) is 0 Å². The van der Waals surface area contributed by atoms with E-state index >= 15 is 0 Å². The predicted octanol–water partition coefficient (Wildman–Crippen LogP) is 1.41. The number of nitrogens with two attached hydrogens (primary N) is 1. The first-order chi connectivity index (χ1) is 6.40. The molecule has 2 N–H and O–H groups in total. The van der Waals surface area contributed by atoms with Crippen LogP contribution in [0.4, 0.5) is 5.69 Å². The normalized spacial score (nSPS) is 15.3. The van der Waals surface area contributed by atoms with E-state index in [2.05, 4.69) is 0 Å². The fourth-order valence-electron chi connectivity index (χ4n) is 1.29. The Morgan fingerprint density at radius 2 is 2.38 bits per heavy atom. The second-order valence-corrected chi connectivity index (χ2v) is 2.88. The number of rotatable bonds is 2. The molecule has 0 fully saturated rings. The zero-order chi connectivity index (χ0) is 9.10. The average molecular weight is 176 g/mol. The average Bonchev–Trinajstić information content (AvgIpc) is 2.71. The lowest BCUT2D eigenvalue weighted by Gasteiger charge is -2.14. The van der Waals surface area contributed by atoms with Gasteiger partial charge in [-0.15, -0.1) is 0 Å². The Labute approximate surface area is 77.4 Å². The monoisotopic (exact) mass is 176 g/mol. The van der Waals surface area contributed by atoms with Crippen LogP contribution < -0.4 is 10.8 Å². The van der Waals surface area contributed by atoms with Gasteiger partial charge in [0.15, 0.2) is 0 Å². The maximum absolute atomic E-state index is 5.54. The molecule has 0 amide bonds. The molecule has 1 aromatic rings. The van der Waals surface area contributed by atoms with Crippen molar-refractivity contribution in [2.45, 2.75) is 6.54 Å². The summed E-state index contributed by atoms with van der Waals surface area (Å²) in [4.78, 5) is 5.32. The van der Waals surface area contributed by atoms with Gasteiger partial charge in [-0.25, -0.2) is 5.06 Å². The highest BCUT2D eigenvalue weighted by Gasteiger charge is 2.07. The fraction of sp³-hybridized carbons (Fsp3) is 0.200. The van der Waals surface area contributed by atoms with Crippen molar-refractivity contribution in [3.8, 4) is 0 Å². The number of benzene rings is 1. The molecule has 0 unspecified atom stereocenters. The van der Waals surface area contributed by atoms with Crippen LogP contribution in [0.15, 0.2) is 36.5 Å². The molecule has 68 valence electrons. The number of hydrogen-bond acceptors (Lipinski definition) is 3. The maximum Gasteiger partial charge on any atom is 0.0952 e. The minimum atomic E-state index is 0.561. The Morgan fingerprint density at radius 1 is 1.46 bits per heavy atom. The summed E-state index contributed by atoms with van der Waals surface area (Å²) < 4.78 is 0. The van der Waals surface area contributed by atoms with E-state index in [-0.39, 0.29) is 0 Å². The van der Waals surface area contributed by atoms with Crippen LogP contribution in [0, 0.1) is 0 Å². The van der Waals surface area contributed by atoms with Gasteiger partial charge in [-0.2, -0.15) is 0 Å². The molecule has 1 aromatic carbocycles. The van der Waals surface area contributed by atoms with Crippen molar-refractivity contribution in [2.24, 2.45) is 5.73 Å². The predicted molar refractivity (Wildman–Crippen MR) is 51.9 cm³/mol. The molecule has 0 radical (unpaired) electrons. The standard InChI is InChI=1S/C10H12N2O/c11-8-9-3-1-4-10(7-9)12-5-2-6-13-12/h1-5,7H,6,8,11H2. The van der Waals surface area contributed by atoms with E-state index in [1.165, 1.54) is 0 Å². The van der Waals surface area contributed by atoms with Crippen molar-refractivity contribution in [1.82, 2.24) is 0 Å². The minimum Gasteiger partial charge on any atom is -0.326 e. The Morgan fingerprint density at radius 3 is 3.08 bits per heavy atom. The molecule has 0 saturated carbocycles. The first kappa shape index (κ1) is 8.29. The lowest BCUT2D eigenvalue weighted by molar-refractivity contribution is 0.180. The summed E-state index contributed by atoms with van der Waals surface area (Å²) in [5.41, 5.74) is 7.68. The lowest BCUT2D eigenvalue weighted by Crippen LogP contribution is -2.11. The van der Waals surface area contributed by atoms with Gasteiger partial charge in [0.05, 0.1) is 12.3 Å². The van der Waals surface area contributed by atoms with Crippen LogP contribution >= 0.6 is 0 Å². The van der Waals surface area contributed by atoms with Crippen molar-refractivity contribution in [2.75, 3.05) is 11.7 Å². The van der Waals surface area contributed by atoms with Gasteiger partial charge in [0, 0.05) is 12.7 Å². The molecular weight excluding hydrogens is 164 g/mol. The SMILES string of the molecule is NCc1cccc(N2C=CCO2)c1. The molecular formula is C10H12N2O. The third kappa shape index (κ3) is 1.71. The summed E-state index contributed by atoms with van der Waals surface area (Å²) in [5.74, 6) is 0. The van der Waals surface area contributed by atoms with E-state index in [0.717, 1.165) is 11.3 Å². The van der Waals surface area contributed by atoms with Gasteiger partial charge in [-0.05, 0) is 23.8 Å². The number of hydrogen-bond donors (Lipinski definition) is 1. The van der Waals surface area contributed by atoms with Gasteiger partial charge in [0.1, 0.15) is 0 Å².